The molecule has 200 valence electrons. The van der Waals surface area contributed by atoms with Gasteiger partial charge in [-0.15, -0.1) is 0 Å². The van der Waals surface area contributed by atoms with E-state index in [-0.39, 0.29) is 36.5 Å². The van der Waals surface area contributed by atoms with Gasteiger partial charge in [-0.2, -0.15) is 5.26 Å². The van der Waals surface area contributed by atoms with Gasteiger partial charge in [0.05, 0.1) is 24.7 Å². The van der Waals surface area contributed by atoms with Crippen molar-refractivity contribution >= 4 is 23.6 Å². The second-order valence-electron chi connectivity index (χ2n) is 11.7. The van der Waals surface area contributed by atoms with E-state index >= 15 is 0 Å². The molecule has 1 N–H and O–H groups in total. The standard InChI is InChI=1S/C28H34N6O4/c1-28(2,3)38-27(37)31-22(25(35)33-11-5-6-19(33)14-29)16-32-15-20-13-24(32)26(36)34(20)23-10-7-17-12-18(30-4)8-9-21(17)23/h8-9,12,19-20,22-24H,5-7,10-11,13,15-16H2,1-3H3,(H,31,37)/t19-,20-,22-,23+,24-/m0/s1. The molecule has 0 saturated carbocycles. The van der Waals surface area contributed by atoms with Gasteiger partial charge in [0.15, 0.2) is 5.69 Å². The van der Waals surface area contributed by atoms with Crippen molar-refractivity contribution in [1.29, 1.82) is 5.26 Å². The number of fused-ring (bicyclic) bond motifs is 3. The van der Waals surface area contributed by atoms with Crippen LogP contribution < -0.4 is 5.32 Å². The molecule has 3 aliphatic heterocycles. The Morgan fingerprint density at radius 1 is 1.29 bits per heavy atom. The highest BCUT2D eigenvalue weighted by Crippen LogP contribution is 2.44. The Hall–Kier alpha value is -3.63. The van der Waals surface area contributed by atoms with Gasteiger partial charge in [0.2, 0.25) is 11.8 Å². The fourth-order valence-corrected chi connectivity index (χ4v) is 6.47. The molecule has 3 fully saturated rings. The highest BCUT2D eigenvalue weighted by atomic mass is 16.6. The lowest BCUT2D eigenvalue weighted by molar-refractivity contribution is -0.141. The normalized spacial score (nSPS) is 27.1. The van der Waals surface area contributed by atoms with Crippen LogP contribution in [0.5, 0.6) is 0 Å². The lowest BCUT2D eigenvalue weighted by atomic mass is 10.0. The molecule has 0 unspecified atom stereocenters. The third kappa shape index (κ3) is 4.81. The molecule has 0 radical (unpaired) electrons. The SMILES string of the molecule is [C-]#[N+]c1ccc2c(c1)CC[C@H]2N1C(=O)[C@@H]2C[C@H]1CN2C[C@H](NC(=O)OC(C)(C)C)C(=O)N1CCC[C@H]1C#N. The zero-order chi connectivity index (χ0) is 27.2. The molecule has 1 aliphatic carbocycles. The van der Waals surface area contributed by atoms with Crippen molar-refractivity contribution in [3.63, 3.8) is 0 Å². The van der Waals surface area contributed by atoms with Gasteiger partial charge in [0.1, 0.15) is 17.7 Å². The Labute approximate surface area is 223 Å². The van der Waals surface area contributed by atoms with Crippen molar-refractivity contribution in [2.24, 2.45) is 0 Å². The van der Waals surface area contributed by atoms with Crippen LogP contribution in [0.3, 0.4) is 0 Å². The van der Waals surface area contributed by atoms with Crippen molar-refractivity contribution in [1.82, 2.24) is 20.0 Å². The summed E-state index contributed by atoms with van der Waals surface area (Å²) >= 11 is 0. The Balaban J connectivity index is 1.31. The first-order valence-corrected chi connectivity index (χ1v) is 13.4. The van der Waals surface area contributed by atoms with Crippen molar-refractivity contribution < 1.29 is 19.1 Å². The van der Waals surface area contributed by atoms with Crippen LogP contribution in [0.2, 0.25) is 0 Å². The smallest absolute Gasteiger partial charge is 0.408 e. The molecule has 5 rings (SSSR count). The highest BCUT2D eigenvalue weighted by Gasteiger charge is 2.53. The van der Waals surface area contributed by atoms with E-state index in [0.717, 1.165) is 30.4 Å². The van der Waals surface area contributed by atoms with E-state index in [0.29, 0.717) is 31.6 Å². The fraction of sp³-hybridized carbons (Fsp3) is 0.607. The number of carbonyl (C=O) groups is 3. The molecular formula is C28H34N6O4. The maximum Gasteiger partial charge on any atom is 0.408 e. The fourth-order valence-electron chi connectivity index (χ4n) is 6.47. The van der Waals surface area contributed by atoms with Crippen LogP contribution in [-0.4, -0.2) is 82.0 Å². The minimum absolute atomic E-state index is 0.00716. The van der Waals surface area contributed by atoms with Crippen LogP contribution in [0.1, 0.15) is 63.6 Å². The molecule has 3 heterocycles. The summed E-state index contributed by atoms with van der Waals surface area (Å²) in [6.45, 7) is 13.8. The molecule has 38 heavy (non-hydrogen) atoms. The maximum atomic E-state index is 13.6. The lowest BCUT2D eigenvalue weighted by Crippen LogP contribution is -2.59. The van der Waals surface area contributed by atoms with Crippen LogP contribution in [0.15, 0.2) is 18.2 Å². The molecule has 0 spiro atoms. The summed E-state index contributed by atoms with van der Waals surface area (Å²) in [5.41, 5.74) is 2.16. The minimum Gasteiger partial charge on any atom is -0.444 e. The number of nitrogens with zero attached hydrogens (tertiary/aromatic N) is 5. The Kier molecular flexibility index (Phi) is 6.79. The second kappa shape index (κ2) is 9.92. The molecule has 10 nitrogen and oxygen atoms in total. The van der Waals surface area contributed by atoms with Crippen molar-refractivity contribution in [2.45, 2.75) is 88.7 Å². The topological polar surface area (TPSA) is 110 Å². The van der Waals surface area contributed by atoms with E-state index in [1.165, 1.54) is 4.90 Å². The number of hydrogen-bond donors (Lipinski definition) is 1. The summed E-state index contributed by atoms with van der Waals surface area (Å²) < 4.78 is 5.42. The number of amides is 3. The predicted octanol–water partition coefficient (Wildman–Crippen LogP) is 2.92. The first kappa shape index (κ1) is 26.0. The number of aryl methyl sites for hydroxylation is 1. The number of hydrogen-bond acceptors (Lipinski definition) is 6. The van der Waals surface area contributed by atoms with Gasteiger partial charge in [-0.1, -0.05) is 23.8 Å². The number of nitrogens with one attached hydrogen (secondary N) is 1. The number of alkyl carbamates (subject to hydrolysis) is 1. The first-order valence-electron chi connectivity index (χ1n) is 13.4. The number of nitriles is 1. The number of ether oxygens (including phenoxy) is 1. The molecule has 1 aromatic carbocycles. The number of rotatable bonds is 5. The summed E-state index contributed by atoms with van der Waals surface area (Å²) in [5.74, 6) is -0.264. The number of likely N-dealkylation sites (tertiary alicyclic amines) is 3. The molecule has 3 saturated heterocycles. The van der Waals surface area contributed by atoms with E-state index in [1.54, 1.807) is 20.8 Å². The average molecular weight is 519 g/mol. The van der Waals surface area contributed by atoms with E-state index in [1.807, 2.05) is 28.0 Å². The van der Waals surface area contributed by atoms with Gasteiger partial charge >= 0.3 is 6.09 Å². The third-order valence-corrected chi connectivity index (χ3v) is 8.04. The number of carbonyl (C=O) groups excluding carboxylic acids is 3. The number of piperazine rings is 1. The molecule has 10 heteroatoms. The molecule has 1 aromatic rings. The molecule has 0 aromatic heterocycles. The zero-order valence-electron chi connectivity index (χ0n) is 22.1. The van der Waals surface area contributed by atoms with Gasteiger partial charge in [-0.05, 0) is 58.4 Å². The largest absolute Gasteiger partial charge is 0.444 e. The summed E-state index contributed by atoms with van der Waals surface area (Å²) in [6, 6.07) is 6.18. The second-order valence-corrected chi connectivity index (χ2v) is 11.7. The van der Waals surface area contributed by atoms with Gasteiger partial charge in [-0.3, -0.25) is 14.5 Å². The summed E-state index contributed by atoms with van der Waals surface area (Å²) in [5, 5.41) is 12.2. The molecule has 4 aliphatic rings. The third-order valence-electron chi connectivity index (χ3n) is 8.04. The quantitative estimate of drug-likeness (QED) is 0.600. The lowest BCUT2D eigenvalue weighted by Gasteiger charge is -2.39. The van der Waals surface area contributed by atoms with E-state index in [2.05, 4.69) is 16.2 Å². The van der Waals surface area contributed by atoms with Crippen LogP contribution >= 0.6 is 0 Å². The monoisotopic (exact) mass is 518 g/mol. The summed E-state index contributed by atoms with van der Waals surface area (Å²) in [4.78, 5) is 48.8. The van der Waals surface area contributed by atoms with E-state index < -0.39 is 23.8 Å². The molecular weight excluding hydrogens is 484 g/mol. The summed E-state index contributed by atoms with van der Waals surface area (Å²) in [7, 11) is 0. The Bertz CT molecular complexity index is 1230. The van der Waals surface area contributed by atoms with Crippen LogP contribution in [0.25, 0.3) is 4.85 Å². The van der Waals surface area contributed by atoms with Gasteiger partial charge in [0, 0.05) is 25.7 Å². The Morgan fingerprint density at radius 2 is 2.08 bits per heavy atom. The van der Waals surface area contributed by atoms with Crippen molar-refractivity contribution in [3.8, 4) is 6.07 Å². The average Bonchev–Trinajstić information content (AvgIpc) is 3.64. The molecule has 2 bridgehead atoms. The van der Waals surface area contributed by atoms with Gasteiger partial charge in [0.25, 0.3) is 0 Å². The van der Waals surface area contributed by atoms with Crippen LogP contribution in [-0.2, 0) is 20.7 Å². The van der Waals surface area contributed by atoms with E-state index in [4.69, 9.17) is 11.3 Å². The van der Waals surface area contributed by atoms with E-state index in [9.17, 15) is 19.6 Å². The van der Waals surface area contributed by atoms with Crippen molar-refractivity contribution in [2.75, 3.05) is 19.6 Å². The predicted molar refractivity (Wildman–Crippen MR) is 138 cm³/mol. The number of benzene rings is 1. The van der Waals surface area contributed by atoms with Crippen LogP contribution in [0, 0.1) is 17.9 Å². The van der Waals surface area contributed by atoms with Gasteiger partial charge in [-0.25, -0.2) is 9.64 Å². The maximum absolute atomic E-state index is 13.6. The van der Waals surface area contributed by atoms with Gasteiger partial charge < -0.3 is 19.9 Å². The Morgan fingerprint density at radius 3 is 2.76 bits per heavy atom. The minimum atomic E-state index is -0.918. The van der Waals surface area contributed by atoms with Crippen molar-refractivity contribution in [3.05, 3.63) is 40.7 Å². The molecule has 3 amide bonds. The highest BCUT2D eigenvalue weighted by molar-refractivity contribution is 5.88. The molecule has 5 atom stereocenters. The first-order chi connectivity index (χ1) is 18.1. The zero-order valence-corrected chi connectivity index (χ0v) is 22.1. The van der Waals surface area contributed by atoms with Crippen LogP contribution in [0.4, 0.5) is 10.5 Å². The summed E-state index contributed by atoms with van der Waals surface area (Å²) in [6.07, 6.45) is 3.04.